The van der Waals surface area contributed by atoms with E-state index in [0.29, 0.717) is 23.0 Å². The summed E-state index contributed by atoms with van der Waals surface area (Å²) in [7, 11) is 1.56. The molecular weight excluding hydrogens is 382 g/mol. The predicted molar refractivity (Wildman–Crippen MR) is 94.8 cm³/mol. The minimum Gasteiger partial charge on any atom is -0.493 e. The van der Waals surface area contributed by atoms with E-state index in [4.69, 9.17) is 9.47 Å². The molecule has 1 aliphatic rings. The number of amides is 2. The summed E-state index contributed by atoms with van der Waals surface area (Å²) in [4.78, 5) is 25.9. The van der Waals surface area contributed by atoms with Gasteiger partial charge in [0.1, 0.15) is 0 Å². The van der Waals surface area contributed by atoms with Gasteiger partial charge in [0.05, 0.1) is 23.1 Å². The number of nitrogens with zero attached hydrogens (tertiary/aromatic N) is 1. The van der Waals surface area contributed by atoms with Gasteiger partial charge in [0, 0.05) is 6.04 Å². The van der Waals surface area contributed by atoms with Crippen molar-refractivity contribution in [3.05, 3.63) is 27.1 Å². The zero-order valence-electron chi connectivity index (χ0n) is 13.4. The summed E-state index contributed by atoms with van der Waals surface area (Å²) in [6.45, 7) is 6.04. The van der Waals surface area contributed by atoms with Crippen LogP contribution in [0.25, 0.3) is 6.08 Å². The first-order valence-electron chi connectivity index (χ1n) is 7.16. The Kier molecular flexibility index (Phi) is 5.75. The van der Waals surface area contributed by atoms with E-state index in [0.717, 1.165) is 21.8 Å². The monoisotopic (exact) mass is 399 g/mol. The van der Waals surface area contributed by atoms with Gasteiger partial charge in [-0.25, -0.2) is 0 Å². The van der Waals surface area contributed by atoms with Crippen LogP contribution >= 0.6 is 27.7 Å². The molecule has 1 heterocycles. The van der Waals surface area contributed by atoms with E-state index < -0.39 is 0 Å². The number of rotatable bonds is 5. The highest BCUT2D eigenvalue weighted by Crippen LogP contribution is 2.39. The standard InChI is InChI=1S/C16H18BrNO4S/c1-5-22-14-11(17)6-10(7-12(14)21-4)8-13-15(19)18(9(2)3)16(20)23-13/h6-9H,5H2,1-4H3/b13-8-. The SMILES string of the molecule is CCOc1c(Br)cc(/C=C2\SC(=O)N(C(C)C)C2=O)cc1OC. The van der Waals surface area contributed by atoms with Crippen LogP contribution in [-0.2, 0) is 4.79 Å². The van der Waals surface area contributed by atoms with E-state index in [1.54, 1.807) is 19.3 Å². The number of methoxy groups -OCH3 is 1. The highest BCUT2D eigenvalue weighted by atomic mass is 79.9. The van der Waals surface area contributed by atoms with Gasteiger partial charge in [0.15, 0.2) is 11.5 Å². The van der Waals surface area contributed by atoms with Crippen molar-refractivity contribution in [2.24, 2.45) is 0 Å². The van der Waals surface area contributed by atoms with Crippen molar-refractivity contribution in [2.45, 2.75) is 26.8 Å². The van der Waals surface area contributed by atoms with Gasteiger partial charge in [-0.2, -0.15) is 0 Å². The Morgan fingerprint density at radius 3 is 2.57 bits per heavy atom. The maximum absolute atomic E-state index is 12.3. The molecular formula is C16H18BrNO4S. The first kappa shape index (κ1) is 17.9. The number of thioether (sulfide) groups is 1. The van der Waals surface area contributed by atoms with Crippen molar-refractivity contribution in [1.29, 1.82) is 0 Å². The van der Waals surface area contributed by atoms with Crippen LogP contribution in [0.3, 0.4) is 0 Å². The molecule has 0 bridgehead atoms. The lowest BCUT2D eigenvalue weighted by molar-refractivity contribution is -0.123. The number of carbonyl (C=O) groups excluding carboxylic acids is 2. The fourth-order valence-corrected chi connectivity index (χ4v) is 3.72. The number of benzene rings is 1. The minimum absolute atomic E-state index is 0.157. The minimum atomic E-state index is -0.265. The van der Waals surface area contributed by atoms with E-state index >= 15 is 0 Å². The maximum Gasteiger partial charge on any atom is 0.293 e. The number of hydrogen-bond acceptors (Lipinski definition) is 5. The number of halogens is 1. The Morgan fingerprint density at radius 1 is 1.35 bits per heavy atom. The van der Waals surface area contributed by atoms with Crippen LogP contribution in [0.5, 0.6) is 11.5 Å². The van der Waals surface area contributed by atoms with E-state index in [2.05, 4.69) is 15.9 Å². The summed E-state index contributed by atoms with van der Waals surface area (Å²) in [5.41, 5.74) is 0.756. The lowest BCUT2D eigenvalue weighted by Crippen LogP contribution is -2.34. The largest absolute Gasteiger partial charge is 0.493 e. The summed E-state index contributed by atoms with van der Waals surface area (Å²) in [6.07, 6.45) is 1.69. The summed E-state index contributed by atoms with van der Waals surface area (Å²) in [5, 5.41) is -0.242. The first-order chi connectivity index (χ1) is 10.9. The van der Waals surface area contributed by atoms with Crippen LogP contribution in [-0.4, -0.2) is 35.8 Å². The maximum atomic E-state index is 12.3. The van der Waals surface area contributed by atoms with Crippen LogP contribution in [0.1, 0.15) is 26.3 Å². The molecule has 0 unspecified atom stereocenters. The molecule has 5 nitrogen and oxygen atoms in total. The van der Waals surface area contributed by atoms with Gasteiger partial charge >= 0.3 is 0 Å². The zero-order valence-corrected chi connectivity index (χ0v) is 15.8. The van der Waals surface area contributed by atoms with E-state index in [-0.39, 0.29) is 17.2 Å². The van der Waals surface area contributed by atoms with Gasteiger partial charge < -0.3 is 9.47 Å². The molecule has 0 spiro atoms. The Morgan fingerprint density at radius 2 is 2.04 bits per heavy atom. The average Bonchev–Trinajstić information content (AvgIpc) is 2.75. The van der Waals surface area contributed by atoms with Gasteiger partial charge in [-0.3, -0.25) is 14.5 Å². The zero-order chi connectivity index (χ0) is 17.1. The van der Waals surface area contributed by atoms with Crippen LogP contribution in [0.15, 0.2) is 21.5 Å². The summed E-state index contributed by atoms with van der Waals surface area (Å²) >= 11 is 4.40. The molecule has 2 amide bonds. The third kappa shape index (κ3) is 3.72. The predicted octanol–water partition coefficient (Wildman–Crippen LogP) is 4.30. The molecule has 1 aliphatic heterocycles. The highest BCUT2D eigenvalue weighted by Gasteiger charge is 2.36. The third-order valence-corrected chi connectivity index (χ3v) is 4.65. The van der Waals surface area contributed by atoms with Crippen LogP contribution in [0.4, 0.5) is 4.79 Å². The number of hydrogen-bond donors (Lipinski definition) is 0. The Balaban J connectivity index is 2.38. The normalized spacial score (nSPS) is 16.6. The molecule has 0 aliphatic carbocycles. The molecule has 23 heavy (non-hydrogen) atoms. The van der Waals surface area contributed by atoms with E-state index in [9.17, 15) is 9.59 Å². The second kappa shape index (κ2) is 7.40. The second-order valence-electron chi connectivity index (χ2n) is 5.11. The van der Waals surface area contributed by atoms with Crippen LogP contribution in [0, 0.1) is 0 Å². The third-order valence-electron chi connectivity index (χ3n) is 3.18. The summed E-state index contributed by atoms with van der Waals surface area (Å²) < 4.78 is 11.6. The fourth-order valence-electron chi connectivity index (χ4n) is 2.18. The van der Waals surface area contributed by atoms with Crippen LogP contribution < -0.4 is 9.47 Å². The second-order valence-corrected chi connectivity index (χ2v) is 6.96. The molecule has 0 aromatic heterocycles. The number of carbonyl (C=O) groups is 2. The lowest BCUT2D eigenvalue weighted by atomic mass is 10.1. The van der Waals surface area contributed by atoms with E-state index in [1.165, 1.54) is 4.90 Å². The summed E-state index contributed by atoms with van der Waals surface area (Å²) in [5.74, 6) is 0.914. The van der Waals surface area contributed by atoms with Crippen molar-refractivity contribution in [2.75, 3.05) is 13.7 Å². The van der Waals surface area contributed by atoms with Crippen molar-refractivity contribution in [3.8, 4) is 11.5 Å². The van der Waals surface area contributed by atoms with Gasteiger partial charge in [-0.05, 0) is 72.2 Å². The molecule has 7 heteroatoms. The molecule has 2 rings (SSSR count). The van der Waals surface area contributed by atoms with E-state index in [1.807, 2.05) is 26.8 Å². The van der Waals surface area contributed by atoms with Crippen molar-refractivity contribution in [1.82, 2.24) is 4.90 Å². The topological polar surface area (TPSA) is 55.8 Å². The van der Waals surface area contributed by atoms with Gasteiger partial charge in [0.25, 0.3) is 11.1 Å². The van der Waals surface area contributed by atoms with Crippen molar-refractivity contribution >= 4 is 44.9 Å². The van der Waals surface area contributed by atoms with Crippen molar-refractivity contribution in [3.63, 3.8) is 0 Å². The van der Waals surface area contributed by atoms with Gasteiger partial charge in [-0.1, -0.05) is 0 Å². The van der Waals surface area contributed by atoms with Crippen molar-refractivity contribution < 1.29 is 19.1 Å². The molecule has 1 aromatic carbocycles. The molecule has 1 aromatic rings. The molecule has 124 valence electrons. The molecule has 0 saturated carbocycles. The quantitative estimate of drug-likeness (QED) is 0.690. The lowest BCUT2D eigenvalue weighted by Gasteiger charge is -2.16. The smallest absolute Gasteiger partial charge is 0.293 e. The molecule has 0 radical (unpaired) electrons. The Bertz CT molecular complexity index is 672. The van der Waals surface area contributed by atoms with Gasteiger partial charge in [0.2, 0.25) is 0 Å². The number of ether oxygens (including phenoxy) is 2. The Labute approximate surface area is 148 Å². The molecule has 0 N–H and O–H groups in total. The first-order valence-corrected chi connectivity index (χ1v) is 8.77. The number of imide groups is 1. The molecule has 0 atom stereocenters. The molecule has 1 saturated heterocycles. The fraction of sp³-hybridized carbons (Fsp3) is 0.375. The highest BCUT2D eigenvalue weighted by molar-refractivity contribution is 9.10. The Hall–Kier alpha value is -1.47. The van der Waals surface area contributed by atoms with Gasteiger partial charge in [-0.15, -0.1) is 0 Å². The van der Waals surface area contributed by atoms with Crippen LogP contribution in [0.2, 0.25) is 0 Å². The average molecular weight is 400 g/mol. The molecule has 1 fully saturated rings. The summed E-state index contributed by atoms with van der Waals surface area (Å²) in [6, 6.07) is 3.45.